The smallest absolute Gasteiger partial charge is 0.320 e. The summed E-state index contributed by atoms with van der Waals surface area (Å²) in [5.74, 6) is 1.14. The molecule has 2 aliphatic heterocycles. The number of ether oxygens (including phenoxy) is 1. The Morgan fingerprint density at radius 1 is 1.26 bits per heavy atom. The Kier molecular flexibility index (Phi) is 8.22. The largest absolute Gasteiger partial charge is 0.496 e. The normalized spacial score (nSPS) is 25.0. The quantitative estimate of drug-likeness (QED) is 0.466. The van der Waals surface area contributed by atoms with Crippen molar-refractivity contribution in [3.05, 3.63) is 59.2 Å². The summed E-state index contributed by atoms with van der Waals surface area (Å²) in [6, 6.07) is 14.8. The topological polar surface area (TPSA) is 61.8 Å². The molecule has 2 N–H and O–H groups in total. The van der Waals surface area contributed by atoms with Crippen molar-refractivity contribution in [1.29, 1.82) is 0 Å². The molecule has 0 saturated carbocycles. The number of nitrogens with zero attached hydrogens (tertiary/aromatic N) is 1. The molecular weight excluding hydrogens is 444 g/mol. The Bertz CT molecular complexity index is 983. The second-order valence-electron chi connectivity index (χ2n) is 9.68. The number of unbranched alkanes of at least 4 members (excludes halogenated alkanes) is 1. The van der Waals surface area contributed by atoms with E-state index in [9.17, 15) is 9.90 Å². The van der Waals surface area contributed by atoms with Gasteiger partial charge in [-0.25, -0.2) is 0 Å². The van der Waals surface area contributed by atoms with Crippen molar-refractivity contribution in [2.45, 2.75) is 81.4 Å². The van der Waals surface area contributed by atoms with Crippen molar-refractivity contribution in [3.8, 4) is 5.75 Å². The van der Waals surface area contributed by atoms with Crippen LogP contribution in [0.4, 0.5) is 0 Å². The van der Waals surface area contributed by atoms with Crippen LogP contribution < -0.4 is 10.1 Å². The van der Waals surface area contributed by atoms with Crippen LogP contribution in [-0.4, -0.2) is 47.0 Å². The van der Waals surface area contributed by atoms with Gasteiger partial charge in [0.15, 0.2) is 0 Å². The van der Waals surface area contributed by atoms with Crippen molar-refractivity contribution < 1.29 is 14.6 Å². The number of nitrogens with one attached hydrogen (secondary N) is 1. The third-order valence-electron chi connectivity index (χ3n) is 7.52. The number of carbonyl (C=O) groups is 1. The van der Waals surface area contributed by atoms with Crippen LogP contribution in [0.3, 0.4) is 0 Å². The Hall–Kier alpha value is -2.02. The molecule has 5 nitrogen and oxygen atoms in total. The van der Waals surface area contributed by atoms with Gasteiger partial charge in [-0.3, -0.25) is 15.0 Å². The van der Waals surface area contributed by atoms with Gasteiger partial charge in [-0.15, -0.1) is 11.8 Å². The monoisotopic (exact) mass is 482 g/mol. The molecule has 0 aliphatic carbocycles. The van der Waals surface area contributed by atoms with E-state index < -0.39 is 12.0 Å². The number of benzene rings is 2. The van der Waals surface area contributed by atoms with E-state index in [0.29, 0.717) is 13.0 Å². The predicted molar refractivity (Wildman–Crippen MR) is 139 cm³/mol. The van der Waals surface area contributed by atoms with Gasteiger partial charge in [0, 0.05) is 28.3 Å². The molecular formula is C28H38N2O3S. The molecule has 2 aliphatic rings. The lowest BCUT2D eigenvalue weighted by atomic mass is 9.88. The van der Waals surface area contributed by atoms with E-state index in [0.717, 1.165) is 42.9 Å². The van der Waals surface area contributed by atoms with Crippen LogP contribution in [0.5, 0.6) is 5.75 Å². The average Bonchev–Trinajstić information content (AvgIpc) is 3.27. The molecule has 1 fully saturated rings. The van der Waals surface area contributed by atoms with Crippen LogP contribution in [0, 0.1) is 0 Å². The van der Waals surface area contributed by atoms with Gasteiger partial charge in [0.25, 0.3) is 0 Å². The first-order chi connectivity index (χ1) is 16.5. The van der Waals surface area contributed by atoms with Gasteiger partial charge in [-0.05, 0) is 55.5 Å². The average molecular weight is 483 g/mol. The SMILES string of the molecule is CCCC[C@]1(CC)CSc2cc(CN3CCC[C@@H]3C(=O)O)c(OC)cc2[C@@H](c2ccccc2)N1. The molecule has 0 spiro atoms. The second kappa shape index (κ2) is 11.1. The Morgan fingerprint density at radius 3 is 2.74 bits per heavy atom. The third-order valence-corrected chi connectivity index (χ3v) is 8.88. The van der Waals surface area contributed by atoms with Crippen molar-refractivity contribution in [3.63, 3.8) is 0 Å². The van der Waals surface area contributed by atoms with Gasteiger partial charge in [-0.2, -0.15) is 0 Å². The summed E-state index contributed by atoms with van der Waals surface area (Å²) in [5.41, 5.74) is 3.66. The number of rotatable bonds is 9. The second-order valence-corrected chi connectivity index (χ2v) is 10.7. The lowest BCUT2D eigenvalue weighted by Crippen LogP contribution is -2.48. The van der Waals surface area contributed by atoms with Gasteiger partial charge in [-0.1, -0.05) is 57.0 Å². The zero-order chi connectivity index (χ0) is 24.1. The number of hydrogen-bond donors (Lipinski definition) is 2. The maximum Gasteiger partial charge on any atom is 0.320 e. The molecule has 2 aromatic carbocycles. The van der Waals surface area contributed by atoms with Crippen LogP contribution >= 0.6 is 11.8 Å². The van der Waals surface area contributed by atoms with Gasteiger partial charge in [0.1, 0.15) is 11.8 Å². The van der Waals surface area contributed by atoms with E-state index in [4.69, 9.17) is 4.74 Å². The van der Waals surface area contributed by atoms with Crippen LogP contribution in [0.2, 0.25) is 0 Å². The summed E-state index contributed by atoms with van der Waals surface area (Å²) in [7, 11) is 1.72. The molecule has 3 atom stereocenters. The van der Waals surface area contributed by atoms with E-state index in [-0.39, 0.29) is 11.6 Å². The minimum Gasteiger partial charge on any atom is -0.496 e. The van der Waals surface area contributed by atoms with E-state index in [2.05, 4.69) is 66.5 Å². The maximum absolute atomic E-state index is 11.7. The van der Waals surface area contributed by atoms with Crippen molar-refractivity contribution in [2.75, 3.05) is 19.4 Å². The minimum absolute atomic E-state index is 0.0664. The molecule has 184 valence electrons. The summed E-state index contributed by atoms with van der Waals surface area (Å²) >= 11 is 1.94. The van der Waals surface area contributed by atoms with Gasteiger partial charge in [0.2, 0.25) is 0 Å². The molecule has 0 bridgehead atoms. The molecule has 0 unspecified atom stereocenters. The zero-order valence-corrected chi connectivity index (χ0v) is 21.5. The van der Waals surface area contributed by atoms with Gasteiger partial charge in [0.05, 0.1) is 13.2 Å². The van der Waals surface area contributed by atoms with E-state index in [1.54, 1.807) is 7.11 Å². The Balaban J connectivity index is 1.74. The van der Waals surface area contributed by atoms with Crippen molar-refractivity contribution in [1.82, 2.24) is 10.2 Å². The van der Waals surface area contributed by atoms with Gasteiger partial charge < -0.3 is 9.84 Å². The number of aliphatic carboxylic acids is 1. The standard InChI is InChI=1S/C28H38N2O3S/c1-4-6-14-28(5-2)19-34-25-16-21(18-30-15-10-13-23(30)27(31)32)24(33-3)17-22(25)26(29-28)20-11-8-7-9-12-20/h7-9,11-12,16-17,23,26,29H,4-6,10,13-15,18-19H2,1-3H3,(H,31,32)/t23-,26-,28-/m1/s1. The minimum atomic E-state index is -0.724. The summed E-state index contributed by atoms with van der Waals surface area (Å²) in [6.45, 7) is 5.98. The molecule has 2 heterocycles. The van der Waals surface area contributed by atoms with E-state index in [1.807, 2.05) is 11.8 Å². The number of hydrogen-bond acceptors (Lipinski definition) is 5. The van der Waals surface area contributed by atoms with Crippen molar-refractivity contribution in [2.24, 2.45) is 0 Å². The summed E-state index contributed by atoms with van der Waals surface area (Å²) < 4.78 is 5.87. The summed E-state index contributed by atoms with van der Waals surface area (Å²) in [5, 5.41) is 13.7. The highest BCUT2D eigenvalue weighted by Crippen LogP contribution is 2.43. The number of thioether (sulfide) groups is 1. The summed E-state index contributed by atoms with van der Waals surface area (Å²) in [4.78, 5) is 15.1. The third kappa shape index (κ3) is 5.29. The van der Waals surface area contributed by atoms with Crippen molar-refractivity contribution >= 4 is 17.7 Å². The molecule has 1 saturated heterocycles. The first-order valence-corrected chi connectivity index (χ1v) is 13.6. The number of methoxy groups -OCH3 is 1. The van der Waals surface area contributed by atoms with E-state index >= 15 is 0 Å². The van der Waals surface area contributed by atoms with Gasteiger partial charge >= 0.3 is 5.97 Å². The lowest BCUT2D eigenvalue weighted by molar-refractivity contribution is -0.142. The zero-order valence-electron chi connectivity index (χ0n) is 20.7. The number of carboxylic acids is 1. The fourth-order valence-corrected chi connectivity index (χ4v) is 6.82. The van der Waals surface area contributed by atoms with E-state index in [1.165, 1.54) is 28.9 Å². The van der Waals surface area contributed by atoms with Crippen LogP contribution in [0.25, 0.3) is 0 Å². The fraction of sp³-hybridized carbons (Fsp3) is 0.536. The molecule has 0 aromatic heterocycles. The molecule has 2 aromatic rings. The first-order valence-electron chi connectivity index (χ1n) is 12.6. The summed E-state index contributed by atoms with van der Waals surface area (Å²) in [6.07, 6.45) is 6.27. The molecule has 6 heteroatoms. The molecule has 34 heavy (non-hydrogen) atoms. The maximum atomic E-state index is 11.7. The lowest BCUT2D eigenvalue weighted by Gasteiger charge is -2.36. The highest BCUT2D eigenvalue weighted by molar-refractivity contribution is 7.99. The number of carboxylic acid groups (broad SMARTS) is 1. The molecule has 4 rings (SSSR count). The number of likely N-dealkylation sites (tertiary alicyclic amines) is 1. The first kappa shape index (κ1) is 25.1. The van der Waals surface area contributed by atoms with Crippen LogP contribution in [-0.2, 0) is 11.3 Å². The highest BCUT2D eigenvalue weighted by atomic mass is 32.2. The molecule has 0 amide bonds. The predicted octanol–water partition coefficient (Wildman–Crippen LogP) is 5.87. The molecule has 0 radical (unpaired) electrons. The van der Waals surface area contributed by atoms with Crippen LogP contribution in [0.1, 0.15) is 75.1 Å². The highest BCUT2D eigenvalue weighted by Gasteiger charge is 2.37. The Morgan fingerprint density at radius 2 is 2.06 bits per heavy atom. The van der Waals surface area contributed by atoms with Crippen LogP contribution in [0.15, 0.2) is 47.4 Å². The fourth-order valence-electron chi connectivity index (χ4n) is 5.39. The Labute approximate surface area is 208 Å². The number of fused-ring (bicyclic) bond motifs is 1.